The number of nitrogens with one attached hydrogen (secondary N) is 2. The zero-order chi connectivity index (χ0) is 20.5. The highest BCUT2D eigenvalue weighted by atomic mass is 19.1. The van der Waals surface area contributed by atoms with Gasteiger partial charge in [0.1, 0.15) is 18.2 Å². The molecule has 0 atom stereocenters. The Bertz CT molecular complexity index is 914. The molecular formula is C22H25FN4O2. The first-order valence-electron chi connectivity index (χ1n) is 9.59. The van der Waals surface area contributed by atoms with Gasteiger partial charge in [-0.25, -0.2) is 9.18 Å². The molecule has 0 unspecified atom stereocenters. The van der Waals surface area contributed by atoms with E-state index in [-0.39, 0.29) is 11.8 Å². The van der Waals surface area contributed by atoms with E-state index in [0.717, 1.165) is 29.8 Å². The van der Waals surface area contributed by atoms with E-state index >= 15 is 0 Å². The molecule has 152 valence electrons. The van der Waals surface area contributed by atoms with Gasteiger partial charge in [0.2, 0.25) is 0 Å². The molecule has 2 aromatic carbocycles. The number of hydrogen-bond donors (Lipinski definition) is 2. The van der Waals surface area contributed by atoms with Crippen molar-refractivity contribution in [3.05, 3.63) is 72.2 Å². The van der Waals surface area contributed by atoms with Crippen LogP contribution in [0.5, 0.6) is 5.75 Å². The minimum absolute atomic E-state index is 0.133. The lowest BCUT2D eigenvalue weighted by atomic mass is 10.1. The molecule has 0 aliphatic heterocycles. The van der Waals surface area contributed by atoms with Crippen LogP contribution in [0.1, 0.15) is 12.1 Å². The number of benzene rings is 2. The summed E-state index contributed by atoms with van der Waals surface area (Å²) >= 11 is 0. The van der Waals surface area contributed by atoms with Crippen molar-refractivity contribution in [1.82, 2.24) is 20.4 Å². The Kier molecular flexibility index (Phi) is 7.22. The quantitative estimate of drug-likeness (QED) is 0.540. The maximum Gasteiger partial charge on any atom is 0.317 e. The second-order valence-corrected chi connectivity index (χ2v) is 6.71. The summed E-state index contributed by atoms with van der Waals surface area (Å²) < 4.78 is 18.9. The van der Waals surface area contributed by atoms with Gasteiger partial charge in [-0.15, -0.1) is 0 Å². The number of aryl methyl sites for hydroxylation is 1. The molecule has 3 rings (SSSR count). The second-order valence-electron chi connectivity index (χ2n) is 6.71. The SMILES string of the molecule is CN(CCCc1cc(-c2cccc(F)c2)n[nH]1)C(=O)NCCOc1ccccc1. The predicted octanol–water partition coefficient (Wildman–Crippen LogP) is 3.87. The molecule has 7 heteroatoms. The second kappa shape index (κ2) is 10.3. The maximum absolute atomic E-state index is 13.3. The Labute approximate surface area is 169 Å². The summed E-state index contributed by atoms with van der Waals surface area (Å²) in [6.07, 6.45) is 1.53. The summed E-state index contributed by atoms with van der Waals surface area (Å²) in [6.45, 7) is 1.47. The van der Waals surface area contributed by atoms with Crippen LogP contribution in [0.4, 0.5) is 9.18 Å². The fraction of sp³-hybridized carbons (Fsp3) is 0.273. The van der Waals surface area contributed by atoms with E-state index in [9.17, 15) is 9.18 Å². The number of ether oxygens (including phenoxy) is 1. The zero-order valence-corrected chi connectivity index (χ0v) is 16.4. The van der Waals surface area contributed by atoms with E-state index in [1.165, 1.54) is 12.1 Å². The first-order chi connectivity index (χ1) is 14.1. The van der Waals surface area contributed by atoms with Gasteiger partial charge in [-0.2, -0.15) is 5.10 Å². The van der Waals surface area contributed by atoms with Gasteiger partial charge >= 0.3 is 6.03 Å². The summed E-state index contributed by atoms with van der Waals surface area (Å²) in [5, 5.41) is 10.1. The Morgan fingerprint density at radius 1 is 1.17 bits per heavy atom. The molecule has 0 aliphatic carbocycles. The Hall–Kier alpha value is -3.35. The minimum atomic E-state index is -0.283. The average molecular weight is 396 g/mol. The summed E-state index contributed by atoms with van der Waals surface area (Å²) in [6, 6.07) is 17.6. The summed E-state index contributed by atoms with van der Waals surface area (Å²) in [5.41, 5.74) is 2.40. The molecule has 3 aromatic rings. The van der Waals surface area contributed by atoms with Gasteiger partial charge in [0.25, 0.3) is 0 Å². The molecule has 0 saturated carbocycles. The minimum Gasteiger partial charge on any atom is -0.492 e. The molecular weight excluding hydrogens is 371 g/mol. The molecule has 0 radical (unpaired) electrons. The van der Waals surface area contributed by atoms with Crippen molar-refractivity contribution in [2.24, 2.45) is 0 Å². The van der Waals surface area contributed by atoms with Gasteiger partial charge in [0.05, 0.1) is 12.2 Å². The van der Waals surface area contributed by atoms with E-state index in [2.05, 4.69) is 15.5 Å². The van der Waals surface area contributed by atoms with Crippen LogP contribution in [0.2, 0.25) is 0 Å². The van der Waals surface area contributed by atoms with Crippen molar-refractivity contribution in [3.63, 3.8) is 0 Å². The van der Waals surface area contributed by atoms with E-state index in [1.807, 2.05) is 42.5 Å². The highest BCUT2D eigenvalue weighted by Gasteiger charge is 2.09. The predicted molar refractivity (Wildman–Crippen MR) is 110 cm³/mol. The third-order valence-electron chi connectivity index (χ3n) is 4.43. The van der Waals surface area contributed by atoms with Gasteiger partial charge in [0.15, 0.2) is 0 Å². The lowest BCUT2D eigenvalue weighted by molar-refractivity contribution is 0.205. The number of para-hydroxylation sites is 1. The van der Waals surface area contributed by atoms with Crippen LogP contribution in [-0.4, -0.2) is 47.9 Å². The smallest absolute Gasteiger partial charge is 0.317 e. The number of aromatic amines is 1. The van der Waals surface area contributed by atoms with Gasteiger partial charge in [-0.3, -0.25) is 5.10 Å². The Morgan fingerprint density at radius 3 is 2.79 bits per heavy atom. The molecule has 2 N–H and O–H groups in total. The number of carbonyl (C=O) groups excluding carboxylic acids is 1. The largest absolute Gasteiger partial charge is 0.492 e. The van der Waals surface area contributed by atoms with Crippen molar-refractivity contribution >= 4 is 6.03 Å². The number of hydrogen-bond acceptors (Lipinski definition) is 3. The normalized spacial score (nSPS) is 10.6. The van der Waals surface area contributed by atoms with Crippen LogP contribution in [0, 0.1) is 5.82 Å². The molecule has 1 heterocycles. The van der Waals surface area contributed by atoms with Crippen LogP contribution in [0.15, 0.2) is 60.7 Å². The highest BCUT2D eigenvalue weighted by molar-refractivity contribution is 5.73. The van der Waals surface area contributed by atoms with Gasteiger partial charge in [-0.1, -0.05) is 30.3 Å². The standard InChI is InChI=1S/C22H25FN4O2/c1-27(22(28)24-12-14-29-20-10-3-2-4-11-20)13-6-9-19-16-21(26-25-19)17-7-5-8-18(23)15-17/h2-5,7-8,10-11,15-16H,6,9,12-14H2,1H3,(H,24,28)(H,25,26). The summed E-state index contributed by atoms with van der Waals surface area (Å²) in [4.78, 5) is 13.8. The lowest BCUT2D eigenvalue weighted by Crippen LogP contribution is -2.39. The van der Waals surface area contributed by atoms with Gasteiger partial charge < -0.3 is 15.0 Å². The molecule has 0 aliphatic rings. The fourth-order valence-electron chi connectivity index (χ4n) is 2.87. The van der Waals surface area contributed by atoms with Gasteiger partial charge in [-0.05, 0) is 43.2 Å². The number of nitrogens with zero attached hydrogens (tertiary/aromatic N) is 2. The first-order valence-corrected chi connectivity index (χ1v) is 9.59. The molecule has 0 fully saturated rings. The van der Waals surface area contributed by atoms with Crippen LogP contribution in [0.25, 0.3) is 11.3 Å². The number of H-pyrrole nitrogens is 1. The zero-order valence-electron chi connectivity index (χ0n) is 16.4. The monoisotopic (exact) mass is 396 g/mol. The third kappa shape index (κ3) is 6.34. The van der Waals surface area contributed by atoms with E-state index in [4.69, 9.17) is 4.74 Å². The number of amides is 2. The Balaban J connectivity index is 1.35. The van der Waals surface area contributed by atoms with E-state index in [1.54, 1.807) is 18.0 Å². The van der Waals surface area contributed by atoms with Crippen molar-refractivity contribution in [2.75, 3.05) is 26.7 Å². The van der Waals surface area contributed by atoms with E-state index in [0.29, 0.717) is 25.4 Å². The number of aromatic nitrogens is 2. The Morgan fingerprint density at radius 2 is 2.00 bits per heavy atom. The topological polar surface area (TPSA) is 70.2 Å². The maximum atomic E-state index is 13.3. The molecule has 0 bridgehead atoms. The number of carbonyl (C=O) groups is 1. The van der Waals surface area contributed by atoms with Crippen molar-refractivity contribution in [2.45, 2.75) is 12.8 Å². The van der Waals surface area contributed by atoms with Gasteiger partial charge in [0, 0.05) is 24.8 Å². The number of halogens is 1. The number of rotatable bonds is 9. The average Bonchev–Trinajstić information content (AvgIpc) is 3.21. The van der Waals surface area contributed by atoms with Crippen LogP contribution < -0.4 is 10.1 Å². The third-order valence-corrected chi connectivity index (χ3v) is 4.43. The fourth-order valence-corrected chi connectivity index (χ4v) is 2.87. The van der Waals surface area contributed by atoms with Crippen LogP contribution in [-0.2, 0) is 6.42 Å². The molecule has 29 heavy (non-hydrogen) atoms. The van der Waals surface area contributed by atoms with Crippen molar-refractivity contribution < 1.29 is 13.9 Å². The summed E-state index contributed by atoms with van der Waals surface area (Å²) in [5.74, 6) is 0.501. The number of urea groups is 1. The van der Waals surface area contributed by atoms with Crippen LogP contribution >= 0.6 is 0 Å². The van der Waals surface area contributed by atoms with Crippen molar-refractivity contribution in [1.29, 1.82) is 0 Å². The molecule has 0 saturated heterocycles. The highest BCUT2D eigenvalue weighted by Crippen LogP contribution is 2.19. The first kappa shape index (κ1) is 20.4. The molecule has 0 spiro atoms. The lowest BCUT2D eigenvalue weighted by Gasteiger charge is -2.17. The molecule has 6 nitrogen and oxygen atoms in total. The summed E-state index contributed by atoms with van der Waals surface area (Å²) in [7, 11) is 1.76. The van der Waals surface area contributed by atoms with E-state index < -0.39 is 0 Å². The molecule has 2 amide bonds. The van der Waals surface area contributed by atoms with Crippen LogP contribution in [0.3, 0.4) is 0 Å². The van der Waals surface area contributed by atoms with Crippen molar-refractivity contribution in [3.8, 4) is 17.0 Å². The molecule has 1 aromatic heterocycles.